The van der Waals surface area contributed by atoms with Crippen LogP contribution in [0.3, 0.4) is 0 Å². The van der Waals surface area contributed by atoms with Crippen molar-refractivity contribution in [1.82, 2.24) is 0 Å². The third kappa shape index (κ3) is 4.50. The smallest absolute Gasteiger partial charge is 0.426 e. The lowest BCUT2D eigenvalue weighted by atomic mass is 9.97. The lowest BCUT2D eigenvalue weighted by Gasteiger charge is -2.12. The van der Waals surface area contributed by atoms with Crippen molar-refractivity contribution in [2.24, 2.45) is 17.3 Å². The molecule has 0 aliphatic heterocycles. The van der Waals surface area contributed by atoms with Gasteiger partial charge in [-0.3, -0.25) is 4.79 Å². The van der Waals surface area contributed by atoms with Gasteiger partial charge in [0.25, 0.3) is 0 Å². The molecule has 0 aromatic heterocycles. The maximum atomic E-state index is 12.7. The van der Waals surface area contributed by atoms with E-state index >= 15 is 0 Å². The molecule has 2 aromatic carbocycles. The van der Waals surface area contributed by atoms with E-state index in [9.17, 15) is 18.0 Å². The summed E-state index contributed by atoms with van der Waals surface area (Å²) >= 11 is 5.34. The Morgan fingerprint density at radius 1 is 1.14 bits per heavy atom. The molecule has 0 spiro atoms. The van der Waals surface area contributed by atoms with Crippen molar-refractivity contribution < 1.29 is 22.7 Å². The zero-order valence-corrected chi connectivity index (χ0v) is 17.1. The van der Waals surface area contributed by atoms with Crippen LogP contribution in [0.5, 0.6) is 0 Å². The van der Waals surface area contributed by atoms with Crippen molar-refractivity contribution in [2.45, 2.75) is 33.6 Å². The van der Waals surface area contributed by atoms with Gasteiger partial charge in [0.15, 0.2) is 0 Å². The summed E-state index contributed by atoms with van der Waals surface area (Å²) in [6, 6.07) is 15.6. The van der Waals surface area contributed by atoms with Gasteiger partial charge in [-0.2, -0.15) is 13.2 Å². The number of hydrogen-bond donors (Lipinski definition) is 0. The number of benzene rings is 2. The molecule has 29 heavy (non-hydrogen) atoms. The first kappa shape index (κ1) is 21.4. The van der Waals surface area contributed by atoms with E-state index in [0.717, 1.165) is 28.3 Å². The van der Waals surface area contributed by atoms with E-state index in [0.29, 0.717) is 0 Å². The molecule has 0 heterocycles. The minimum atomic E-state index is -4.61. The highest BCUT2D eigenvalue weighted by Crippen LogP contribution is 2.60. The molecule has 2 unspecified atom stereocenters. The fourth-order valence-corrected chi connectivity index (χ4v) is 3.84. The van der Waals surface area contributed by atoms with Gasteiger partial charge in [0.2, 0.25) is 0 Å². The van der Waals surface area contributed by atoms with E-state index in [4.69, 9.17) is 16.3 Å². The SMILES string of the molecule is Cc1c(COC(=O)C2C(C=C(Cl)C(F)(F)F)C2(C)C)cccc1-c1ccccc1. The molecule has 1 aliphatic carbocycles. The molecule has 0 bridgehead atoms. The number of rotatable bonds is 5. The van der Waals surface area contributed by atoms with Crippen LogP contribution >= 0.6 is 11.6 Å². The van der Waals surface area contributed by atoms with Gasteiger partial charge >= 0.3 is 12.1 Å². The Hall–Kier alpha value is -2.27. The molecule has 2 aromatic rings. The van der Waals surface area contributed by atoms with Crippen LogP contribution in [0, 0.1) is 24.2 Å². The molecule has 154 valence electrons. The molecular formula is C23H22ClF3O2. The van der Waals surface area contributed by atoms with E-state index in [-0.39, 0.29) is 6.61 Å². The highest BCUT2D eigenvalue weighted by molar-refractivity contribution is 6.30. The van der Waals surface area contributed by atoms with Crippen LogP contribution in [0.2, 0.25) is 0 Å². The summed E-state index contributed by atoms with van der Waals surface area (Å²) in [6.45, 7) is 5.51. The van der Waals surface area contributed by atoms with Crippen molar-refractivity contribution in [3.63, 3.8) is 0 Å². The maximum absolute atomic E-state index is 12.7. The lowest BCUT2D eigenvalue weighted by Crippen LogP contribution is -2.11. The first-order chi connectivity index (χ1) is 13.5. The molecule has 6 heteroatoms. The number of alkyl halides is 3. The summed E-state index contributed by atoms with van der Waals surface area (Å²) < 4.78 is 43.5. The monoisotopic (exact) mass is 422 g/mol. The molecule has 1 fully saturated rings. The lowest BCUT2D eigenvalue weighted by molar-refractivity contribution is -0.147. The Balaban J connectivity index is 1.70. The van der Waals surface area contributed by atoms with Gasteiger partial charge in [0, 0.05) is 0 Å². The normalized spacial score (nSPS) is 21.0. The summed E-state index contributed by atoms with van der Waals surface area (Å²) in [7, 11) is 0. The summed E-state index contributed by atoms with van der Waals surface area (Å²) in [4.78, 5) is 12.5. The molecule has 0 N–H and O–H groups in total. The second kappa shape index (κ2) is 7.86. The number of ether oxygens (including phenoxy) is 1. The van der Waals surface area contributed by atoms with E-state index in [1.165, 1.54) is 0 Å². The maximum Gasteiger partial charge on any atom is 0.426 e. The van der Waals surface area contributed by atoms with Gasteiger partial charge in [-0.05, 0) is 40.5 Å². The number of esters is 1. The molecule has 3 rings (SSSR count). The number of hydrogen-bond acceptors (Lipinski definition) is 2. The second-order valence-corrected chi connectivity index (χ2v) is 8.31. The van der Waals surface area contributed by atoms with Gasteiger partial charge in [0.1, 0.15) is 11.6 Å². The van der Waals surface area contributed by atoms with Crippen molar-refractivity contribution >= 4 is 17.6 Å². The number of carbonyl (C=O) groups is 1. The van der Waals surface area contributed by atoms with E-state index in [1.54, 1.807) is 13.8 Å². The van der Waals surface area contributed by atoms with Crippen LogP contribution < -0.4 is 0 Å². The molecule has 2 nitrogen and oxygen atoms in total. The summed E-state index contributed by atoms with van der Waals surface area (Å²) in [5.74, 6) is -1.75. The Bertz CT molecular complexity index is 933. The number of carbonyl (C=O) groups excluding carboxylic acids is 1. The summed E-state index contributed by atoms with van der Waals surface area (Å²) in [5.41, 5.74) is 3.34. The molecule has 1 saturated carbocycles. The van der Waals surface area contributed by atoms with Crippen LogP contribution in [0.1, 0.15) is 25.0 Å². The molecule has 0 saturated heterocycles. The Labute approximate surface area is 173 Å². The van der Waals surface area contributed by atoms with Crippen molar-refractivity contribution in [2.75, 3.05) is 0 Å². The van der Waals surface area contributed by atoms with Gasteiger partial charge in [-0.15, -0.1) is 0 Å². The van der Waals surface area contributed by atoms with Crippen LogP contribution in [0.15, 0.2) is 59.6 Å². The van der Waals surface area contributed by atoms with E-state index < -0.39 is 34.4 Å². The van der Waals surface area contributed by atoms with Crippen molar-refractivity contribution in [3.05, 3.63) is 70.8 Å². The standard InChI is InChI=1S/C23H22ClF3O2/c1-14-16(10-7-11-17(14)15-8-5-4-6-9-15)13-29-21(28)20-18(22(20,2)3)12-19(24)23(25,26)27/h4-12,18,20H,13H2,1-3H3. The Kier molecular flexibility index (Phi) is 5.81. The number of halogens is 4. The first-order valence-corrected chi connectivity index (χ1v) is 9.66. The Morgan fingerprint density at radius 3 is 2.41 bits per heavy atom. The fraction of sp³-hybridized carbons (Fsp3) is 0.348. The molecule has 0 amide bonds. The minimum absolute atomic E-state index is 0.0708. The molecule has 1 aliphatic rings. The van der Waals surface area contributed by atoms with Crippen LogP contribution in [-0.2, 0) is 16.1 Å². The van der Waals surface area contributed by atoms with Crippen molar-refractivity contribution in [1.29, 1.82) is 0 Å². The predicted octanol–water partition coefficient (Wildman–Crippen LogP) is 6.66. The number of allylic oxidation sites excluding steroid dienone is 2. The largest absolute Gasteiger partial charge is 0.461 e. The summed E-state index contributed by atoms with van der Waals surface area (Å²) in [5, 5.41) is -1.20. The molecule has 0 radical (unpaired) electrons. The van der Waals surface area contributed by atoms with Gasteiger partial charge in [0.05, 0.1) is 5.92 Å². The van der Waals surface area contributed by atoms with Crippen LogP contribution in [0.4, 0.5) is 13.2 Å². The average Bonchev–Trinajstić information content (AvgIpc) is 3.20. The quantitative estimate of drug-likeness (QED) is 0.503. The minimum Gasteiger partial charge on any atom is -0.461 e. The predicted molar refractivity (Wildman–Crippen MR) is 107 cm³/mol. The Morgan fingerprint density at radius 2 is 1.79 bits per heavy atom. The zero-order valence-electron chi connectivity index (χ0n) is 16.4. The highest BCUT2D eigenvalue weighted by Gasteiger charge is 2.62. The van der Waals surface area contributed by atoms with Gasteiger partial charge in [-0.1, -0.05) is 80.1 Å². The van der Waals surface area contributed by atoms with Gasteiger partial charge < -0.3 is 4.74 Å². The van der Waals surface area contributed by atoms with E-state index in [1.807, 2.05) is 55.5 Å². The molecular weight excluding hydrogens is 401 g/mol. The average molecular weight is 423 g/mol. The van der Waals surface area contributed by atoms with E-state index in [2.05, 4.69) is 0 Å². The third-order valence-electron chi connectivity index (χ3n) is 5.66. The zero-order chi connectivity index (χ0) is 21.4. The van der Waals surface area contributed by atoms with Gasteiger partial charge in [-0.25, -0.2) is 0 Å². The molecule has 2 atom stereocenters. The summed E-state index contributed by atoms with van der Waals surface area (Å²) in [6.07, 6.45) is -3.68. The fourth-order valence-electron chi connectivity index (χ4n) is 3.70. The highest BCUT2D eigenvalue weighted by atomic mass is 35.5. The third-order valence-corrected chi connectivity index (χ3v) is 6.00. The van der Waals surface area contributed by atoms with Crippen LogP contribution in [-0.4, -0.2) is 12.1 Å². The van der Waals surface area contributed by atoms with Crippen molar-refractivity contribution in [3.8, 4) is 11.1 Å². The first-order valence-electron chi connectivity index (χ1n) is 9.28. The van der Waals surface area contributed by atoms with Crippen LogP contribution in [0.25, 0.3) is 11.1 Å². The topological polar surface area (TPSA) is 26.3 Å². The second-order valence-electron chi connectivity index (χ2n) is 7.90.